The van der Waals surface area contributed by atoms with Gasteiger partial charge in [-0.1, -0.05) is 15.9 Å². The van der Waals surface area contributed by atoms with Crippen LogP contribution in [0.1, 0.15) is 0 Å². The molecule has 1 atom stereocenters. The van der Waals surface area contributed by atoms with Crippen LogP contribution in [0.25, 0.3) is 0 Å². The van der Waals surface area contributed by atoms with Gasteiger partial charge in [0.1, 0.15) is 6.79 Å². The highest BCUT2D eigenvalue weighted by molar-refractivity contribution is 9.09. The quantitative estimate of drug-likeness (QED) is 0.515. The first-order valence-electron chi connectivity index (χ1n) is 2.57. The Hall–Kier alpha value is 0.690. The zero-order valence-electron chi connectivity index (χ0n) is 5.27. The monoisotopic (exact) mass is 216 g/mol. The standard InChI is InChI=1S/C5H10BrClO2/c1-8-4-9-5(2-6)3-7/h5H,2-4H2,1H3. The summed E-state index contributed by atoms with van der Waals surface area (Å²) >= 11 is 8.73. The number of hydrogen-bond donors (Lipinski definition) is 0. The number of rotatable bonds is 5. The smallest absolute Gasteiger partial charge is 0.146 e. The van der Waals surface area contributed by atoms with Crippen LogP contribution in [-0.2, 0) is 9.47 Å². The van der Waals surface area contributed by atoms with Crippen LogP contribution in [-0.4, -0.2) is 31.2 Å². The summed E-state index contributed by atoms with van der Waals surface area (Å²) in [6, 6.07) is 0. The molecule has 0 amide bonds. The van der Waals surface area contributed by atoms with Gasteiger partial charge in [-0.15, -0.1) is 11.6 Å². The molecule has 0 heterocycles. The normalized spacial score (nSPS) is 13.7. The molecule has 0 aliphatic heterocycles. The van der Waals surface area contributed by atoms with Gasteiger partial charge in [0.25, 0.3) is 0 Å². The van der Waals surface area contributed by atoms with Crippen molar-refractivity contribution in [3.8, 4) is 0 Å². The highest BCUT2D eigenvalue weighted by Crippen LogP contribution is 1.99. The molecule has 0 aromatic rings. The number of ether oxygens (including phenoxy) is 2. The van der Waals surface area contributed by atoms with Crippen LogP contribution in [0.4, 0.5) is 0 Å². The molecular weight excluding hydrogens is 207 g/mol. The van der Waals surface area contributed by atoms with Crippen molar-refractivity contribution in [1.82, 2.24) is 0 Å². The van der Waals surface area contributed by atoms with Crippen molar-refractivity contribution in [2.24, 2.45) is 0 Å². The second kappa shape index (κ2) is 6.81. The summed E-state index contributed by atoms with van der Waals surface area (Å²) in [5, 5.41) is 0.750. The van der Waals surface area contributed by atoms with E-state index in [1.807, 2.05) is 0 Å². The molecule has 0 N–H and O–H groups in total. The highest BCUT2D eigenvalue weighted by atomic mass is 79.9. The molecule has 0 aliphatic carbocycles. The lowest BCUT2D eigenvalue weighted by atomic mass is 10.5. The summed E-state index contributed by atoms with van der Waals surface area (Å²) in [6.07, 6.45) is 0.0617. The second-order valence-electron chi connectivity index (χ2n) is 1.50. The van der Waals surface area contributed by atoms with Crippen LogP contribution >= 0.6 is 27.5 Å². The molecule has 4 heteroatoms. The Morgan fingerprint density at radius 2 is 2.33 bits per heavy atom. The molecule has 0 fully saturated rings. The fourth-order valence-corrected chi connectivity index (χ4v) is 1.17. The summed E-state index contributed by atoms with van der Waals surface area (Å²) in [7, 11) is 1.58. The minimum absolute atomic E-state index is 0.0617. The third kappa shape index (κ3) is 5.15. The van der Waals surface area contributed by atoms with Gasteiger partial charge in [0.2, 0.25) is 0 Å². The number of methoxy groups -OCH3 is 1. The van der Waals surface area contributed by atoms with Crippen LogP contribution in [0.5, 0.6) is 0 Å². The van der Waals surface area contributed by atoms with Crippen molar-refractivity contribution < 1.29 is 9.47 Å². The largest absolute Gasteiger partial charge is 0.359 e. The molecular formula is C5H10BrClO2. The average Bonchev–Trinajstić information content (AvgIpc) is 1.91. The highest BCUT2D eigenvalue weighted by Gasteiger charge is 2.03. The van der Waals surface area contributed by atoms with E-state index in [9.17, 15) is 0 Å². The molecule has 0 saturated carbocycles. The Kier molecular flexibility index (Phi) is 7.33. The molecule has 0 bridgehead atoms. The molecule has 0 spiro atoms. The first-order valence-corrected chi connectivity index (χ1v) is 4.23. The lowest BCUT2D eigenvalue weighted by molar-refractivity contribution is -0.0556. The van der Waals surface area contributed by atoms with E-state index < -0.39 is 0 Å². The first-order chi connectivity index (χ1) is 4.35. The molecule has 56 valence electrons. The topological polar surface area (TPSA) is 18.5 Å². The van der Waals surface area contributed by atoms with Crippen LogP contribution < -0.4 is 0 Å². The zero-order valence-corrected chi connectivity index (χ0v) is 7.61. The van der Waals surface area contributed by atoms with Gasteiger partial charge in [0, 0.05) is 18.3 Å². The average molecular weight is 217 g/mol. The Morgan fingerprint density at radius 3 is 2.67 bits per heavy atom. The van der Waals surface area contributed by atoms with E-state index in [0.717, 1.165) is 5.33 Å². The summed E-state index contributed by atoms with van der Waals surface area (Å²) < 4.78 is 9.76. The van der Waals surface area contributed by atoms with Crippen molar-refractivity contribution >= 4 is 27.5 Å². The Bertz CT molecular complexity index is 58.9. The van der Waals surface area contributed by atoms with Crippen molar-refractivity contribution in [2.75, 3.05) is 25.1 Å². The lowest BCUT2D eigenvalue weighted by Gasteiger charge is -2.09. The fourth-order valence-electron chi connectivity index (χ4n) is 0.295. The number of halogens is 2. The maximum atomic E-state index is 5.49. The summed E-state index contributed by atoms with van der Waals surface area (Å²) in [4.78, 5) is 0. The van der Waals surface area contributed by atoms with Crippen molar-refractivity contribution in [2.45, 2.75) is 6.10 Å². The number of hydrogen-bond acceptors (Lipinski definition) is 2. The fraction of sp³-hybridized carbons (Fsp3) is 1.00. The minimum atomic E-state index is 0.0617. The third-order valence-electron chi connectivity index (χ3n) is 0.766. The molecule has 0 aromatic heterocycles. The third-order valence-corrected chi connectivity index (χ3v) is 1.83. The van der Waals surface area contributed by atoms with Gasteiger partial charge < -0.3 is 9.47 Å². The summed E-state index contributed by atoms with van der Waals surface area (Å²) in [6.45, 7) is 0.309. The van der Waals surface area contributed by atoms with Gasteiger partial charge in [-0.05, 0) is 0 Å². The van der Waals surface area contributed by atoms with Gasteiger partial charge in [0.15, 0.2) is 0 Å². The maximum absolute atomic E-state index is 5.49. The van der Waals surface area contributed by atoms with E-state index in [2.05, 4.69) is 20.7 Å². The molecule has 0 aliphatic rings. The SMILES string of the molecule is COCOC(CCl)CBr. The molecule has 1 unspecified atom stereocenters. The molecule has 0 aromatic carbocycles. The van der Waals surface area contributed by atoms with Crippen molar-refractivity contribution in [3.05, 3.63) is 0 Å². The lowest BCUT2D eigenvalue weighted by Crippen LogP contribution is -2.17. The predicted octanol–water partition coefficient (Wildman–Crippen LogP) is 1.61. The van der Waals surface area contributed by atoms with Crippen molar-refractivity contribution in [1.29, 1.82) is 0 Å². The van der Waals surface area contributed by atoms with Gasteiger partial charge in [-0.2, -0.15) is 0 Å². The Balaban J connectivity index is 3.09. The van der Waals surface area contributed by atoms with E-state index >= 15 is 0 Å². The second-order valence-corrected chi connectivity index (χ2v) is 2.46. The zero-order chi connectivity index (χ0) is 7.11. The van der Waals surface area contributed by atoms with E-state index in [4.69, 9.17) is 16.3 Å². The Labute approximate surface area is 68.6 Å². The predicted molar refractivity (Wildman–Crippen MR) is 41.3 cm³/mol. The summed E-state index contributed by atoms with van der Waals surface area (Å²) in [5.41, 5.74) is 0. The number of alkyl halides is 2. The molecule has 2 nitrogen and oxygen atoms in total. The van der Waals surface area contributed by atoms with E-state index in [1.54, 1.807) is 7.11 Å². The van der Waals surface area contributed by atoms with E-state index in [0.29, 0.717) is 12.7 Å². The summed E-state index contributed by atoms with van der Waals surface area (Å²) in [5.74, 6) is 0.495. The minimum Gasteiger partial charge on any atom is -0.359 e. The van der Waals surface area contributed by atoms with Gasteiger partial charge >= 0.3 is 0 Å². The van der Waals surface area contributed by atoms with Crippen LogP contribution in [0.2, 0.25) is 0 Å². The first kappa shape index (κ1) is 9.69. The van der Waals surface area contributed by atoms with Crippen LogP contribution in [0, 0.1) is 0 Å². The van der Waals surface area contributed by atoms with Crippen LogP contribution in [0.15, 0.2) is 0 Å². The molecule has 0 radical (unpaired) electrons. The van der Waals surface area contributed by atoms with Crippen molar-refractivity contribution in [3.63, 3.8) is 0 Å². The van der Waals surface area contributed by atoms with Gasteiger partial charge in [-0.3, -0.25) is 0 Å². The van der Waals surface area contributed by atoms with E-state index in [1.165, 1.54) is 0 Å². The molecule has 0 saturated heterocycles. The van der Waals surface area contributed by atoms with Gasteiger partial charge in [0.05, 0.1) is 6.10 Å². The van der Waals surface area contributed by atoms with Crippen LogP contribution in [0.3, 0.4) is 0 Å². The maximum Gasteiger partial charge on any atom is 0.146 e. The molecule has 0 rings (SSSR count). The van der Waals surface area contributed by atoms with E-state index in [-0.39, 0.29) is 6.10 Å². The molecule has 9 heavy (non-hydrogen) atoms. The Morgan fingerprint density at radius 1 is 1.67 bits per heavy atom. The van der Waals surface area contributed by atoms with Gasteiger partial charge in [-0.25, -0.2) is 0 Å².